The van der Waals surface area contributed by atoms with Crippen LogP contribution in [0.3, 0.4) is 0 Å². The summed E-state index contributed by atoms with van der Waals surface area (Å²) in [5.74, 6) is 1.12. The van der Waals surface area contributed by atoms with Gasteiger partial charge in [-0.05, 0) is 49.1 Å². The third-order valence-electron chi connectivity index (χ3n) is 6.55. The summed E-state index contributed by atoms with van der Waals surface area (Å²) in [6, 6.07) is 16.5. The van der Waals surface area contributed by atoms with Gasteiger partial charge >= 0.3 is 0 Å². The number of piperidine rings is 1. The van der Waals surface area contributed by atoms with Gasteiger partial charge in [-0.15, -0.1) is 0 Å². The van der Waals surface area contributed by atoms with Crippen molar-refractivity contribution in [3.05, 3.63) is 59.1 Å². The van der Waals surface area contributed by atoms with Gasteiger partial charge < -0.3 is 14.5 Å². The lowest BCUT2D eigenvalue weighted by atomic mass is 10.0. The first kappa shape index (κ1) is 22.0. The monoisotopic (exact) mass is 441 g/mol. The number of para-hydroxylation sites is 1. The molecule has 0 N–H and O–H groups in total. The van der Waals surface area contributed by atoms with E-state index >= 15 is 0 Å². The van der Waals surface area contributed by atoms with Crippen molar-refractivity contribution in [3.8, 4) is 5.75 Å². The fourth-order valence-corrected chi connectivity index (χ4v) is 4.99. The Hall–Kier alpha value is -2.24. The minimum atomic E-state index is 0.258. The topological polar surface area (TPSA) is 36.0 Å². The van der Waals surface area contributed by atoms with Crippen LogP contribution in [-0.4, -0.2) is 68.1 Å². The summed E-state index contributed by atoms with van der Waals surface area (Å²) in [5.41, 5.74) is 2.30. The number of likely N-dealkylation sites (tertiary alicyclic amines) is 1. The largest absolute Gasteiger partial charge is 0.496 e. The van der Waals surface area contributed by atoms with Crippen LogP contribution in [0, 0.1) is 0 Å². The Bertz CT molecular complexity index is 883. The van der Waals surface area contributed by atoms with Crippen molar-refractivity contribution in [2.75, 3.05) is 51.3 Å². The van der Waals surface area contributed by atoms with Gasteiger partial charge in [-0.25, -0.2) is 0 Å². The highest BCUT2D eigenvalue weighted by atomic mass is 35.5. The van der Waals surface area contributed by atoms with Gasteiger partial charge in [-0.2, -0.15) is 0 Å². The molecule has 2 saturated heterocycles. The number of methoxy groups -OCH3 is 1. The number of hydrogen-bond donors (Lipinski definition) is 0. The van der Waals surface area contributed by atoms with Gasteiger partial charge in [0.25, 0.3) is 0 Å². The summed E-state index contributed by atoms with van der Waals surface area (Å²) < 4.78 is 5.42. The molecule has 31 heavy (non-hydrogen) atoms. The molecule has 0 aliphatic carbocycles. The molecule has 2 aliphatic heterocycles. The SMILES string of the molecule is COc1ccccc1CCC(=O)N1CCC[C@H](N2CCN(c3cccc(Cl)c3)CC2)C1. The normalized spacial score (nSPS) is 20.0. The number of aryl methyl sites for hydroxylation is 1. The predicted molar refractivity (Wildman–Crippen MR) is 126 cm³/mol. The van der Waals surface area contributed by atoms with E-state index in [1.54, 1.807) is 7.11 Å². The fourth-order valence-electron chi connectivity index (χ4n) is 4.81. The minimum Gasteiger partial charge on any atom is -0.496 e. The predicted octanol–water partition coefficient (Wildman–Crippen LogP) is 4.09. The van der Waals surface area contributed by atoms with Crippen molar-refractivity contribution in [3.63, 3.8) is 0 Å². The van der Waals surface area contributed by atoms with Crippen LogP contribution in [0.1, 0.15) is 24.8 Å². The molecule has 5 nitrogen and oxygen atoms in total. The second kappa shape index (κ2) is 10.4. The van der Waals surface area contributed by atoms with E-state index in [0.717, 1.165) is 68.4 Å². The summed E-state index contributed by atoms with van der Waals surface area (Å²) in [5, 5.41) is 0.787. The molecule has 2 aromatic carbocycles. The Labute approximate surface area is 190 Å². The fraction of sp³-hybridized carbons (Fsp3) is 0.480. The van der Waals surface area contributed by atoms with Gasteiger partial charge in [0.15, 0.2) is 0 Å². The van der Waals surface area contributed by atoms with Gasteiger partial charge in [0.1, 0.15) is 5.75 Å². The molecular formula is C25H32ClN3O2. The molecule has 166 valence electrons. The second-order valence-corrected chi connectivity index (χ2v) is 8.89. The molecule has 6 heteroatoms. The standard InChI is InChI=1S/C25H32ClN3O2/c1-31-24-10-3-2-6-20(24)11-12-25(30)29-13-5-9-23(19-29)28-16-14-27(15-17-28)22-8-4-7-21(26)18-22/h2-4,6-8,10,18,23H,5,9,11-17,19H2,1H3/t23-/m0/s1. The van der Waals surface area contributed by atoms with E-state index in [0.29, 0.717) is 12.5 Å². The van der Waals surface area contributed by atoms with Crippen LogP contribution in [0.2, 0.25) is 5.02 Å². The third-order valence-corrected chi connectivity index (χ3v) is 6.79. The molecule has 0 radical (unpaired) electrons. The maximum Gasteiger partial charge on any atom is 0.222 e. The molecule has 2 heterocycles. The summed E-state index contributed by atoms with van der Waals surface area (Å²) in [7, 11) is 1.68. The van der Waals surface area contributed by atoms with Crippen molar-refractivity contribution in [1.29, 1.82) is 0 Å². The van der Waals surface area contributed by atoms with Crippen LogP contribution in [0.4, 0.5) is 5.69 Å². The molecule has 2 fully saturated rings. The summed E-state index contributed by atoms with van der Waals surface area (Å²) in [6.45, 7) is 5.78. The Morgan fingerprint density at radius 3 is 2.65 bits per heavy atom. The molecule has 2 aromatic rings. The Kier molecular flexibility index (Phi) is 7.36. The number of benzene rings is 2. The zero-order valence-electron chi connectivity index (χ0n) is 18.3. The highest BCUT2D eigenvalue weighted by molar-refractivity contribution is 6.30. The number of hydrogen-bond acceptors (Lipinski definition) is 4. The molecule has 1 atom stereocenters. The van der Waals surface area contributed by atoms with Gasteiger partial charge in [0, 0.05) is 62.4 Å². The average molecular weight is 442 g/mol. The summed E-state index contributed by atoms with van der Waals surface area (Å²) in [6.07, 6.45) is 3.52. The van der Waals surface area contributed by atoms with E-state index in [4.69, 9.17) is 16.3 Å². The van der Waals surface area contributed by atoms with Gasteiger partial charge in [-0.1, -0.05) is 35.9 Å². The van der Waals surface area contributed by atoms with Crippen LogP contribution in [0.15, 0.2) is 48.5 Å². The van der Waals surface area contributed by atoms with Gasteiger partial charge in [0.2, 0.25) is 5.91 Å². The molecule has 0 bridgehead atoms. The van der Waals surface area contributed by atoms with Crippen LogP contribution in [0.5, 0.6) is 5.75 Å². The van der Waals surface area contributed by atoms with Crippen LogP contribution < -0.4 is 9.64 Å². The molecule has 2 aliphatic rings. The lowest BCUT2D eigenvalue weighted by Gasteiger charge is -2.44. The quantitative estimate of drug-likeness (QED) is 0.676. The van der Waals surface area contributed by atoms with E-state index in [2.05, 4.69) is 20.8 Å². The van der Waals surface area contributed by atoms with Crippen LogP contribution >= 0.6 is 11.6 Å². The second-order valence-electron chi connectivity index (χ2n) is 8.45. The first-order chi connectivity index (χ1) is 15.1. The number of ether oxygens (including phenoxy) is 1. The Morgan fingerprint density at radius 1 is 1.06 bits per heavy atom. The average Bonchev–Trinajstić information content (AvgIpc) is 2.83. The number of carbonyl (C=O) groups is 1. The molecule has 4 rings (SSSR count). The highest BCUT2D eigenvalue weighted by Gasteiger charge is 2.30. The number of rotatable bonds is 6. The number of halogens is 1. The maximum atomic E-state index is 12.9. The van der Waals surface area contributed by atoms with E-state index in [-0.39, 0.29) is 5.91 Å². The molecule has 0 saturated carbocycles. The lowest BCUT2D eigenvalue weighted by molar-refractivity contribution is -0.133. The van der Waals surface area contributed by atoms with Crippen LogP contribution in [-0.2, 0) is 11.2 Å². The zero-order valence-corrected chi connectivity index (χ0v) is 19.1. The summed E-state index contributed by atoms with van der Waals surface area (Å²) in [4.78, 5) is 20.0. The maximum absolute atomic E-state index is 12.9. The number of amides is 1. The van der Waals surface area contributed by atoms with Crippen molar-refractivity contribution in [2.24, 2.45) is 0 Å². The summed E-state index contributed by atoms with van der Waals surface area (Å²) >= 11 is 6.16. The van der Waals surface area contributed by atoms with E-state index in [1.807, 2.05) is 42.5 Å². The smallest absolute Gasteiger partial charge is 0.222 e. The van der Waals surface area contributed by atoms with Crippen molar-refractivity contribution in [1.82, 2.24) is 9.80 Å². The lowest BCUT2D eigenvalue weighted by Crippen LogP contribution is -2.55. The van der Waals surface area contributed by atoms with Crippen molar-refractivity contribution >= 4 is 23.2 Å². The first-order valence-corrected chi connectivity index (χ1v) is 11.7. The zero-order chi connectivity index (χ0) is 21.6. The van der Waals surface area contributed by atoms with Crippen LogP contribution in [0.25, 0.3) is 0 Å². The van der Waals surface area contributed by atoms with Crippen molar-refractivity contribution in [2.45, 2.75) is 31.7 Å². The number of anilines is 1. The van der Waals surface area contributed by atoms with E-state index < -0.39 is 0 Å². The highest BCUT2D eigenvalue weighted by Crippen LogP contribution is 2.24. The van der Waals surface area contributed by atoms with Gasteiger partial charge in [0.05, 0.1) is 7.11 Å². The van der Waals surface area contributed by atoms with Gasteiger partial charge in [-0.3, -0.25) is 9.69 Å². The Morgan fingerprint density at radius 2 is 1.87 bits per heavy atom. The molecule has 1 amide bonds. The van der Waals surface area contributed by atoms with E-state index in [1.165, 1.54) is 12.1 Å². The number of piperazine rings is 1. The Balaban J connectivity index is 1.28. The third kappa shape index (κ3) is 5.52. The molecule has 0 unspecified atom stereocenters. The first-order valence-electron chi connectivity index (χ1n) is 11.3. The number of nitrogens with zero attached hydrogens (tertiary/aromatic N) is 3. The van der Waals surface area contributed by atoms with E-state index in [9.17, 15) is 4.79 Å². The number of carbonyl (C=O) groups excluding carboxylic acids is 1. The minimum absolute atomic E-state index is 0.258. The molecular weight excluding hydrogens is 410 g/mol. The molecule has 0 aromatic heterocycles. The molecule has 0 spiro atoms. The van der Waals surface area contributed by atoms with Crippen molar-refractivity contribution < 1.29 is 9.53 Å².